The summed E-state index contributed by atoms with van der Waals surface area (Å²) in [6.45, 7) is 9.52. The van der Waals surface area contributed by atoms with Crippen LogP contribution in [-0.4, -0.2) is 53.5 Å². The first-order valence-electron chi connectivity index (χ1n) is 14.2. The van der Waals surface area contributed by atoms with Gasteiger partial charge in [-0.05, 0) is 56.1 Å². The van der Waals surface area contributed by atoms with Crippen LogP contribution in [0.4, 0.5) is 5.95 Å². The fourth-order valence-corrected chi connectivity index (χ4v) is 6.76. The van der Waals surface area contributed by atoms with Crippen LogP contribution in [0.1, 0.15) is 65.8 Å². The summed E-state index contributed by atoms with van der Waals surface area (Å²) in [5.74, 6) is 1.96. The van der Waals surface area contributed by atoms with Gasteiger partial charge in [0, 0.05) is 36.6 Å². The van der Waals surface area contributed by atoms with Gasteiger partial charge in [0.05, 0.1) is 27.9 Å². The maximum absolute atomic E-state index is 11.8. The number of aliphatic hydroxyl groups excluding tert-OH is 1. The second-order valence-corrected chi connectivity index (χ2v) is 12.4. The van der Waals surface area contributed by atoms with E-state index in [1.807, 2.05) is 12.1 Å². The molecule has 0 amide bonds. The fraction of sp³-hybridized carbons (Fsp3) is 0.552. The smallest absolute Gasteiger partial charge is 0.391 e. The number of aromatic amines is 1. The molecule has 4 aromatic heterocycles. The van der Waals surface area contributed by atoms with E-state index in [0.29, 0.717) is 41.2 Å². The van der Waals surface area contributed by atoms with Crippen LogP contribution in [0.25, 0.3) is 33.8 Å². The van der Waals surface area contributed by atoms with Crippen molar-refractivity contribution in [2.45, 2.75) is 78.0 Å². The lowest BCUT2D eigenvalue weighted by Crippen LogP contribution is -2.36. The van der Waals surface area contributed by atoms with Crippen LogP contribution < -0.4 is 10.7 Å². The number of aromatic nitrogens is 6. The number of pyridine rings is 2. The molecule has 5 heterocycles. The van der Waals surface area contributed by atoms with Crippen molar-refractivity contribution in [1.29, 1.82) is 0 Å². The number of halogens is 1. The van der Waals surface area contributed by atoms with Gasteiger partial charge in [0.1, 0.15) is 5.69 Å². The number of hydrogen-bond acceptors (Lipinski definition) is 8. The van der Waals surface area contributed by atoms with Gasteiger partial charge in [-0.3, -0.25) is 14.5 Å². The quantitative estimate of drug-likeness (QED) is 0.315. The van der Waals surface area contributed by atoms with Crippen LogP contribution in [-0.2, 0) is 0 Å². The van der Waals surface area contributed by atoms with Gasteiger partial charge in [0.2, 0.25) is 11.8 Å². The molecule has 2 aliphatic rings. The second-order valence-electron chi connectivity index (χ2n) is 12.0. The highest BCUT2D eigenvalue weighted by Gasteiger charge is 2.38. The van der Waals surface area contributed by atoms with Gasteiger partial charge >= 0.3 is 5.76 Å². The number of aliphatic hydroxyl groups is 1. The third kappa shape index (κ3) is 4.92. The normalized spacial score (nSPS) is 24.3. The van der Waals surface area contributed by atoms with Gasteiger partial charge in [-0.1, -0.05) is 50.4 Å². The standard InChI is InChI=1S/C29H36ClN7O3/c1-15(2)24-10-21(38)14-36(24)28-33-22-11-23(27-34-29(39)40-35-27)32-25(19-9-20(30)13-31-12-19)26(22)37(28)17(4)18-7-5-16(3)6-8-18/h9,11-13,15-18,21,24,38H,5-8,10,14H2,1-4H3,(H,34,35,39). The summed E-state index contributed by atoms with van der Waals surface area (Å²) in [4.78, 5) is 31.2. The molecule has 0 aromatic carbocycles. The van der Waals surface area contributed by atoms with E-state index in [4.69, 9.17) is 26.1 Å². The summed E-state index contributed by atoms with van der Waals surface area (Å²) in [6.07, 6.45) is 8.33. The molecule has 3 unspecified atom stereocenters. The minimum Gasteiger partial charge on any atom is -0.391 e. The Balaban J connectivity index is 1.62. The Morgan fingerprint density at radius 1 is 1.12 bits per heavy atom. The molecule has 1 aliphatic carbocycles. The summed E-state index contributed by atoms with van der Waals surface area (Å²) in [7, 11) is 0. The number of fused-ring (bicyclic) bond motifs is 1. The summed E-state index contributed by atoms with van der Waals surface area (Å²) in [6, 6.07) is 3.98. The van der Waals surface area contributed by atoms with Gasteiger partial charge in [0.25, 0.3) is 0 Å². The monoisotopic (exact) mass is 565 g/mol. The van der Waals surface area contributed by atoms with Gasteiger partial charge in [-0.25, -0.2) is 14.8 Å². The zero-order valence-electron chi connectivity index (χ0n) is 23.3. The predicted molar refractivity (Wildman–Crippen MR) is 154 cm³/mol. The number of imidazole rings is 1. The number of rotatable bonds is 6. The van der Waals surface area contributed by atoms with Crippen LogP contribution in [0.15, 0.2) is 33.8 Å². The third-order valence-corrected chi connectivity index (χ3v) is 9.02. The Morgan fingerprint density at radius 2 is 1.90 bits per heavy atom. The van der Waals surface area contributed by atoms with Crippen molar-refractivity contribution < 1.29 is 9.63 Å². The molecule has 1 aliphatic heterocycles. The molecule has 40 heavy (non-hydrogen) atoms. The van der Waals surface area contributed by atoms with E-state index >= 15 is 0 Å². The van der Waals surface area contributed by atoms with Crippen LogP contribution in [0.5, 0.6) is 0 Å². The summed E-state index contributed by atoms with van der Waals surface area (Å²) < 4.78 is 7.12. The van der Waals surface area contributed by atoms with Crippen molar-refractivity contribution in [2.24, 2.45) is 17.8 Å². The van der Waals surface area contributed by atoms with Crippen molar-refractivity contribution in [2.75, 3.05) is 11.4 Å². The van der Waals surface area contributed by atoms with E-state index in [-0.39, 0.29) is 17.9 Å². The Bertz CT molecular complexity index is 1570. The van der Waals surface area contributed by atoms with E-state index in [2.05, 4.69) is 52.3 Å². The zero-order chi connectivity index (χ0) is 28.1. The molecule has 212 valence electrons. The number of H-pyrrole nitrogens is 1. The number of anilines is 1. The first-order chi connectivity index (χ1) is 19.2. The molecular weight excluding hydrogens is 530 g/mol. The van der Waals surface area contributed by atoms with E-state index in [9.17, 15) is 9.90 Å². The van der Waals surface area contributed by atoms with Crippen LogP contribution in [0, 0.1) is 17.8 Å². The lowest BCUT2D eigenvalue weighted by molar-refractivity contribution is 0.191. The van der Waals surface area contributed by atoms with Crippen LogP contribution in [0.3, 0.4) is 0 Å². The molecule has 0 radical (unpaired) electrons. The average Bonchev–Trinajstić information content (AvgIpc) is 3.64. The fourth-order valence-electron chi connectivity index (χ4n) is 6.59. The highest BCUT2D eigenvalue weighted by Crippen LogP contribution is 2.43. The molecule has 2 N–H and O–H groups in total. The number of β-amino-alcohol motifs (C(OH)–C–C–N with tert-alkyl or cyclic N) is 1. The Kier molecular flexibility index (Phi) is 7.16. The largest absolute Gasteiger partial charge is 0.439 e. The van der Waals surface area contributed by atoms with Gasteiger partial charge in [-0.15, -0.1) is 0 Å². The maximum atomic E-state index is 11.8. The lowest BCUT2D eigenvalue weighted by atomic mass is 9.79. The van der Waals surface area contributed by atoms with Gasteiger partial charge in [-0.2, -0.15) is 0 Å². The van der Waals surface area contributed by atoms with Crippen molar-refractivity contribution in [1.82, 2.24) is 29.7 Å². The molecule has 3 atom stereocenters. The minimum atomic E-state index is -0.653. The van der Waals surface area contributed by atoms with Crippen LogP contribution >= 0.6 is 11.6 Å². The number of nitrogens with one attached hydrogen (secondary N) is 1. The Hall–Kier alpha value is -3.24. The number of hydrogen-bond donors (Lipinski definition) is 2. The topological polar surface area (TPSA) is 126 Å². The number of nitrogens with zero attached hydrogens (tertiary/aromatic N) is 6. The molecule has 0 bridgehead atoms. The van der Waals surface area contributed by atoms with E-state index < -0.39 is 11.9 Å². The minimum absolute atomic E-state index is 0.142. The van der Waals surface area contributed by atoms with Gasteiger partial charge < -0.3 is 14.6 Å². The van der Waals surface area contributed by atoms with E-state index in [0.717, 1.165) is 41.3 Å². The molecular formula is C29H36ClN7O3. The predicted octanol–water partition coefficient (Wildman–Crippen LogP) is 5.47. The zero-order valence-corrected chi connectivity index (χ0v) is 24.1. The van der Waals surface area contributed by atoms with Crippen LogP contribution in [0.2, 0.25) is 5.02 Å². The average molecular weight is 566 g/mol. The molecule has 11 heteroatoms. The maximum Gasteiger partial charge on any atom is 0.439 e. The molecule has 10 nitrogen and oxygen atoms in total. The molecule has 1 saturated heterocycles. The SMILES string of the molecule is CC1CCC(C(C)n2c(N3CC(O)CC3C(C)C)nc3cc(-c4noc(=O)[nH]4)nc(-c4cncc(Cl)c4)c32)CC1. The summed E-state index contributed by atoms with van der Waals surface area (Å²) >= 11 is 6.40. The van der Waals surface area contributed by atoms with E-state index in [1.54, 1.807) is 12.4 Å². The molecule has 2 fully saturated rings. The van der Waals surface area contributed by atoms with Crippen molar-refractivity contribution in [3.63, 3.8) is 0 Å². The Labute approximate surface area is 237 Å². The van der Waals surface area contributed by atoms with Gasteiger partial charge in [0.15, 0.2) is 0 Å². The Morgan fingerprint density at radius 3 is 2.58 bits per heavy atom. The first-order valence-corrected chi connectivity index (χ1v) is 14.6. The molecule has 6 rings (SSSR count). The first kappa shape index (κ1) is 27.0. The highest BCUT2D eigenvalue weighted by atomic mass is 35.5. The second kappa shape index (κ2) is 10.6. The highest BCUT2D eigenvalue weighted by molar-refractivity contribution is 6.30. The summed E-state index contributed by atoms with van der Waals surface area (Å²) in [5, 5.41) is 15.1. The van der Waals surface area contributed by atoms with Crippen molar-refractivity contribution in [3.8, 4) is 22.8 Å². The van der Waals surface area contributed by atoms with Crippen molar-refractivity contribution >= 4 is 28.6 Å². The molecule has 4 aromatic rings. The van der Waals surface area contributed by atoms with E-state index in [1.165, 1.54) is 12.8 Å². The van der Waals surface area contributed by atoms with Crippen molar-refractivity contribution in [3.05, 3.63) is 40.1 Å². The molecule has 0 spiro atoms. The molecule has 1 saturated carbocycles. The lowest BCUT2D eigenvalue weighted by Gasteiger charge is -2.35. The third-order valence-electron chi connectivity index (χ3n) is 8.81. The summed E-state index contributed by atoms with van der Waals surface area (Å²) in [5.41, 5.74) is 3.43.